The van der Waals surface area contributed by atoms with Gasteiger partial charge in [0.15, 0.2) is 0 Å². The monoisotopic (exact) mass is 230 g/mol. The van der Waals surface area contributed by atoms with Crippen LogP contribution in [0.3, 0.4) is 0 Å². The molecule has 88 valence electrons. The molecular formula is C11H22N2OS. The molecule has 0 saturated carbocycles. The Kier molecular flexibility index (Phi) is 5.29. The summed E-state index contributed by atoms with van der Waals surface area (Å²) in [6.07, 6.45) is 4.47. The Labute approximate surface area is 97.0 Å². The van der Waals surface area contributed by atoms with Crippen LogP contribution in [0.5, 0.6) is 0 Å². The summed E-state index contributed by atoms with van der Waals surface area (Å²) < 4.78 is 0. The van der Waals surface area contributed by atoms with Gasteiger partial charge in [-0.15, -0.1) is 0 Å². The molecule has 0 aromatic rings. The van der Waals surface area contributed by atoms with E-state index in [1.807, 2.05) is 4.90 Å². The first kappa shape index (κ1) is 12.7. The molecule has 1 saturated heterocycles. The molecule has 1 heterocycles. The normalized spacial score (nSPS) is 23.7. The number of hydrogen-bond acceptors (Lipinski definition) is 2. The van der Waals surface area contributed by atoms with Gasteiger partial charge in [-0.2, -0.15) is 11.8 Å². The summed E-state index contributed by atoms with van der Waals surface area (Å²) in [6, 6.07) is 0.113. The molecule has 2 amide bonds. The quantitative estimate of drug-likeness (QED) is 0.806. The van der Waals surface area contributed by atoms with Gasteiger partial charge in [-0.05, 0) is 25.0 Å². The number of carbonyl (C=O) groups is 1. The van der Waals surface area contributed by atoms with Gasteiger partial charge in [-0.3, -0.25) is 0 Å². The molecule has 0 aromatic heterocycles. The zero-order chi connectivity index (χ0) is 11.3. The molecule has 0 bridgehead atoms. The number of urea groups is 1. The lowest BCUT2D eigenvalue weighted by Crippen LogP contribution is -2.46. The second-order valence-electron chi connectivity index (χ2n) is 4.43. The Bertz CT molecular complexity index is 211. The number of carbonyl (C=O) groups excluding carboxylic acids is 1. The molecule has 2 unspecified atom stereocenters. The molecule has 0 aliphatic carbocycles. The third-order valence-electron chi connectivity index (χ3n) is 2.89. The maximum atomic E-state index is 11.8. The minimum atomic E-state index is 0.113. The van der Waals surface area contributed by atoms with Crippen LogP contribution < -0.4 is 5.32 Å². The van der Waals surface area contributed by atoms with Crippen molar-refractivity contribution in [3.05, 3.63) is 0 Å². The van der Waals surface area contributed by atoms with Crippen molar-refractivity contribution in [1.29, 1.82) is 0 Å². The van der Waals surface area contributed by atoms with Gasteiger partial charge in [0.05, 0.1) is 0 Å². The Morgan fingerprint density at radius 1 is 1.67 bits per heavy atom. The predicted octanol–water partition coefficient (Wildman–Crippen LogP) is 2.18. The van der Waals surface area contributed by atoms with Crippen LogP contribution in [0.15, 0.2) is 0 Å². The van der Waals surface area contributed by atoms with E-state index in [1.54, 1.807) is 11.8 Å². The first-order valence-electron chi connectivity index (χ1n) is 5.69. The number of amides is 2. The van der Waals surface area contributed by atoms with Gasteiger partial charge >= 0.3 is 6.03 Å². The van der Waals surface area contributed by atoms with Crippen molar-refractivity contribution in [2.75, 3.05) is 25.9 Å². The standard InChI is InChI=1S/C11H22N2OS/c1-9-5-4-6-13(8-9)11(14)12-7-10(2)15-3/h9-10H,4-8H2,1-3H3,(H,12,14). The van der Waals surface area contributed by atoms with Crippen molar-refractivity contribution in [3.8, 4) is 0 Å². The maximum Gasteiger partial charge on any atom is 0.317 e. The molecule has 1 aliphatic heterocycles. The van der Waals surface area contributed by atoms with Crippen LogP contribution in [0.25, 0.3) is 0 Å². The summed E-state index contributed by atoms with van der Waals surface area (Å²) in [5, 5.41) is 3.49. The Hall–Kier alpha value is -0.380. The molecule has 0 aromatic carbocycles. The topological polar surface area (TPSA) is 32.3 Å². The molecular weight excluding hydrogens is 208 g/mol. The fourth-order valence-electron chi connectivity index (χ4n) is 1.80. The maximum absolute atomic E-state index is 11.8. The van der Waals surface area contributed by atoms with E-state index >= 15 is 0 Å². The summed E-state index contributed by atoms with van der Waals surface area (Å²) in [5.41, 5.74) is 0. The van der Waals surface area contributed by atoms with Crippen molar-refractivity contribution in [3.63, 3.8) is 0 Å². The van der Waals surface area contributed by atoms with Crippen LogP contribution in [0.1, 0.15) is 26.7 Å². The first-order chi connectivity index (χ1) is 7.13. The predicted molar refractivity (Wildman–Crippen MR) is 66.3 cm³/mol. The van der Waals surface area contributed by atoms with E-state index in [4.69, 9.17) is 0 Å². The second kappa shape index (κ2) is 6.26. The third kappa shape index (κ3) is 4.33. The molecule has 0 radical (unpaired) electrons. The van der Waals surface area contributed by atoms with Gasteiger partial charge in [-0.1, -0.05) is 13.8 Å². The summed E-state index contributed by atoms with van der Waals surface area (Å²) >= 11 is 1.78. The fourth-order valence-corrected chi connectivity index (χ4v) is 2.05. The molecule has 2 atom stereocenters. The zero-order valence-electron chi connectivity index (χ0n) is 9.95. The van der Waals surface area contributed by atoms with E-state index in [0.29, 0.717) is 11.2 Å². The molecule has 1 rings (SSSR count). The molecule has 0 spiro atoms. The average Bonchev–Trinajstić information content (AvgIpc) is 2.25. The Morgan fingerprint density at radius 2 is 2.40 bits per heavy atom. The van der Waals surface area contributed by atoms with Crippen LogP contribution in [-0.4, -0.2) is 42.1 Å². The highest BCUT2D eigenvalue weighted by Gasteiger charge is 2.20. The molecule has 3 nitrogen and oxygen atoms in total. The van der Waals surface area contributed by atoms with Gasteiger partial charge in [0.25, 0.3) is 0 Å². The lowest BCUT2D eigenvalue weighted by Gasteiger charge is -2.31. The van der Waals surface area contributed by atoms with Gasteiger partial charge in [-0.25, -0.2) is 4.79 Å². The second-order valence-corrected chi connectivity index (χ2v) is 5.70. The zero-order valence-corrected chi connectivity index (χ0v) is 10.8. The highest BCUT2D eigenvalue weighted by atomic mass is 32.2. The first-order valence-corrected chi connectivity index (χ1v) is 6.98. The van der Waals surface area contributed by atoms with E-state index in [2.05, 4.69) is 25.4 Å². The van der Waals surface area contributed by atoms with Crippen LogP contribution >= 0.6 is 11.8 Å². The number of likely N-dealkylation sites (tertiary alicyclic amines) is 1. The lowest BCUT2D eigenvalue weighted by molar-refractivity contribution is 0.170. The van der Waals surface area contributed by atoms with Crippen LogP contribution in [0, 0.1) is 5.92 Å². The van der Waals surface area contributed by atoms with Gasteiger partial charge in [0, 0.05) is 24.9 Å². The SMILES string of the molecule is CSC(C)CNC(=O)N1CCCC(C)C1. The molecule has 15 heavy (non-hydrogen) atoms. The Morgan fingerprint density at radius 3 is 3.00 bits per heavy atom. The van der Waals surface area contributed by atoms with E-state index in [9.17, 15) is 4.79 Å². The minimum absolute atomic E-state index is 0.113. The van der Waals surface area contributed by atoms with Crippen LogP contribution in [0.2, 0.25) is 0 Å². The molecule has 1 aliphatic rings. The summed E-state index contributed by atoms with van der Waals surface area (Å²) in [6.45, 7) is 6.95. The number of piperidine rings is 1. The Balaban J connectivity index is 2.26. The van der Waals surface area contributed by atoms with Crippen molar-refractivity contribution >= 4 is 17.8 Å². The van der Waals surface area contributed by atoms with Crippen LogP contribution in [0.4, 0.5) is 4.79 Å². The summed E-state index contributed by atoms with van der Waals surface area (Å²) in [4.78, 5) is 13.7. The minimum Gasteiger partial charge on any atom is -0.337 e. The number of nitrogens with zero attached hydrogens (tertiary/aromatic N) is 1. The van der Waals surface area contributed by atoms with E-state index in [-0.39, 0.29) is 6.03 Å². The van der Waals surface area contributed by atoms with Gasteiger partial charge in [0.1, 0.15) is 0 Å². The van der Waals surface area contributed by atoms with Crippen molar-refractivity contribution in [2.45, 2.75) is 31.9 Å². The molecule has 1 fully saturated rings. The van der Waals surface area contributed by atoms with E-state index in [0.717, 1.165) is 26.1 Å². The summed E-state index contributed by atoms with van der Waals surface area (Å²) in [5.74, 6) is 0.655. The highest BCUT2D eigenvalue weighted by molar-refractivity contribution is 7.99. The van der Waals surface area contributed by atoms with Crippen LogP contribution in [-0.2, 0) is 0 Å². The molecule has 4 heteroatoms. The lowest BCUT2D eigenvalue weighted by atomic mass is 10.0. The number of rotatable bonds is 3. The smallest absolute Gasteiger partial charge is 0.317 e. The summed E-state index contributed by atoms with van der Waals surface area (Å²) in [7, 11) is 0. The molecule has 1 N–H and O–H groups in total. The van der Waals surface area contributed by atoms with Crippen molar-refractivity contribution in [1.82, 2.24) is 10.2 Å². The number of hydrogen-bond donors (Lipinski definition) is 1. The fraction of sp³-hybridized carbons (Fsp3) is 0.909. The van der Waals surface area contributed by atoms with Crippen molar-refractivity contribution < 1.29 is 4.79 Å². The van der Waals surface area contributed by atoms with E-state index in [1.165, 1.54) is 6.42 Å². The highest BCUT2D eigenvalue weighted by Crippen LogP contribution is 2.15. The van der Waals surface area contributed by atoms with Crippen molar-refractivity contribution in [2.24, 2.45) is 5.92 Å². The third-order valence-corrected chi connectivity index (χ3v) is 3.86. The number of thioether (sulfide) groups is 1. The van der Waals surface area contributed by atoms with Gasteiger partial charge < -0.3 is 10.2 Å². The number of nitrogens with one attached hydrogen (secondary N) is 1. The largest absolute Gasteiger partial charge is 0.337 e. The average molecular weight is 230 g/mol. The van der Waals surface area contributed by atoms with E-state index < -0.39 is 0 Å². The van der Waals surface area contributed by atoms with Gasteiger partial charge in [0.2, 0.25) is 0 Å².